The van der Waals surface area contributed by atoms with Gasteiger partial charge in [0.25, 0.3) is 0 Å². The molecule has 0 aliphatic carbocycles. The maximum atomic E-state index is 12.8. The van der Waals surface area contributed by atoms with Crippen LogP contribution in [-0.4, -0.2) is 37.2 Å². The van der Waals surface area contributed by atoms with E-state index in [-0.39, 0.29) is 31.1 Å². The van der Waals surface area contributed by atoms with E-state index in [0.29, 0.717) is 19.3 Å². The zero-order valence-electron chi connectivity index (χ0n) is 47.6. The molecule has 0 heterocycles. The summed E-state index contributed by atoms with van der Waals surface area (Å²) >= 11 is 0. The average molecular weight is 1010 g/mol. The first-order chi connectivity index (χ1) is 36.0. The van der Waals surface area contributed by atoms with E-state index in [0.717, 1.165) is 122 Å². The number of unbranched alkanes of at least 4 members (excludes halogenated alkanes) is 25. The zero-order valence-corrected chi connectivity index (χ0v) is 47.6. The van der Waals surface area contributed by atoms with Crippen LogP contribution >= 0.6 is 0 Å². The van der Waals surface area contributed by atoms with E-state index in [1.54, 1.807) is 0 Å². The van der Waals surface area contributed by atoms with Crippen LogP contribution in [0.3, 0.4) is 0 Å². The molecule has 416 valence electrons. The molecule has 0 amide bonds. The Morgan fingerprint density at radius 2 is 0.534 bits per heavy atom. The number of esters is 3. The Bertz CT molecular complexity index is 1490. The van der Waals surface area contributed by atoms with Crippen molar-refractivity contribution in [1.82, 2.24) is 0 Å². The molecule has 0 N–H and O–H groups in total. The van der Waals surface area contributed by atoms with Crippen LogP contribution in [0.2, 0.25) is 0 Å². The molecule has 0 aliphatic rings. The van der Waals surface area contributed by atoms with Crippen LogP contribution in [-0.2, 0) is 28.6 Å². The highest BCUT2D eigenvalue weighted by atomic mass is 16.6. The smallest absolute Gasteiger partial charge is 0.306 e. The third-order valence-corrected chi connectivity index (χ3v) is 12.8. The van der Waals surface area contributed by atoms with Gasteiger partial charge in [-0.15, -0.1) is 0 Å². The fourth-order valence-electron chi connectivity index (χ4n) is 8.26. The first kappa shape index (κ1) is 69.1. The van der Waals surface area contributed by atoms with E-state index in [4.69, 9.17) is 14.2 Å². The largest absolute Gasteiger partial charge is 0.462 e. The van der Waals surface area contributed by atoms with Crippen LogP contribution in [0.5, 0.6) is 0 Å². The minimum Gasteiger partial charge on any atom is -0.462 e. The Morgan fingerprint density at radius 1 is 0.288 bits per heavy atom. The minimum absolute atomic E-state index is 0.0779. The van der Waals surface area contributed by atoms with Crippen molar-refractivity contribution in [1.29, 1.82) is 0 Å². The third kappa shape index (κ3) is 58.8. The molecule has 0 rings (SSSR count). The topological polar surface area (TPSA) is 78.9 Å². The number of allylic oxidation sites excluding steroid dienone is 18. The first-order valence-electron chi connectivity index (χ1n) is 30.4. The lowest BCUT2D eigenvalue weighted by Gasteiger charge is -2.18. The second-order valence-electron chi connectivity index (χ2n) is 19.9. The molecular formula is C67H112O6. The van der Waals surface area contributed by atoms with Gasteiger partial charge < -0.3 is 14.2 Å². The lowest BCUT2D eigenvalue weighted by molar-refractivity contribution is -0.167. The molecule has 1 unspecified atom stereocenters. The molecule has 0 aromatic rings. The molecule has 6 nitrogen and oxygen atoms in total. The molecule has 0 bridgehead atoms. The lowest BCUT2D eigenvalue weighted by Crippen LogP contribution is -2.30. The Hall–Kier alpha value is -3.93. The zero-order chi connectivity index (χ0) is 52.9. The molecule has 6 heteroatoms. The SMILES string of the molecule is CC/C=C\C/C=C\C/C=C\C/C=C\C/C=C\C/C=C\C/C=C\C/C=C\C/C=C\CCCCCCCCCC(=O)OCC(COC(=O)CCCCCCCCCCC)OC(=O)CCCCCCCCCCCCC. The van der Waals surface area contributed by atoms with Crippen molar-refractivity contribution < 1.29 is 28.6 Å². The van der Waals surface area contributed by atoms with Gasteiger partial charge >= 0.3 is 17.9 Å². The van der Waals surface area contributed by atoms with Crippen LogP contribution in [0.25, 0.3) is 0 Å². The molecule has 0 fully saturated rings. The van der Waals surface area contributed by atoms with Gasteiger partial charge in [-0.05, 0) is 89.9 Å². The van der Waals surface area contributed by atoms with Gasteiger partial charge in [-0.1, -0.05) is 278 Å². The highest BCUT2D eigenvalue weighted by Crippen LogP contribution is 2.15. The first-order valence-corrected chi connectivity index (χ1v) is 30.4. The van der Waals surface area contributed by atoms with Crippen molar-refractivity contribution in [2.75, 3.05) is 13.2 Å². The Balaban J connectivity index is 4.13. The van der Waals surface area contributed by atoms with Crippen LogP contribution in [0.1, 0.15) is 278 Å². The summed E-state index contributed by atoms with van der Waals surface area (Å²) in [4.78, 5) is 38.0. The van der Waals surface area contributed by atoms with Crippen molar-refractivity contribution in [3.05, 3.63) is 109 Å². The van der Waals surface area contributed by atoms with Gasteiger partial charge in [0.15, 0.2) is 6.10 Å². The average Bonchev–Trinajstić information content (AvgIpc) is 3.39. The Kier molecular flexibility index (Phi) is 57.4. The van der Waals surface area contributed by atoms with Crippen LogP contribution in [0.4, 0.5) is 0 Å². The molecule has 0 radical (unpaired) electrons. The highest BCUT2D eigenvalue weighted by Gasteiger charge is 2.19. The number of rotatable bonds is 54. The van der Waals surface area contributed by atoms with E-state index < -0.39 is 6.10 Å². The van der Waals surface area contributed by atoms with Gasteiger partial charge in [-0.25, -0.2) is 0 Å². The number of hydrogen-bond donors (Lipinski definition) is 0. The standard InChI is InChI=1S/C67H112O6/c1-4-7-10-13-16-19-21-22-23-24-25-26-27-28-29-30-31-32-33-34-35-36-37-38-39-40-41-42-43-44-46-48-51-54-57-60-66(69)72-63-64(62-71-65(68)59-56-53-50-47-18-15-12-9-6-3)73-67(70)61-58-55-52-49-45-20-17-14-11-8-5-2/h7,10,16,19,22-23,25-26,28-29,31-32,34-35,37-38,40-41,64H,4-6,8-9,11-15,17-18,20-21,24,27,30,33,36,39,42-63H2,1-3H3/b10-7-,19-16-,23-22-,26-25-,29-28-,32-31-,35-34-,38-37-,41-40-. The predicted octanol–water partition coefficient (Wildman–Crippen LogP) is 20.7. The predicted molar refractivity (Wildman–Crippen MR) is 316 cm³/mol. The second-order valence-corrected chi connectivity index (χ2v) is 19.9. The summed E-state index contributed by atoms with van der Waals surface area (Å²) in [7, 11) is 0. The lowest BCUT2D eigenvalue weighted by atomic mass is 10.1. The van der Waals surface area contributed by atoms with Crippen molar-refractivity contribution in [3.63, 3.8) is 0 Å². The normalized spacial score (nSPS) is 12.9. The molecule has 0 saturated heterocycles. The van der Waals surface area contributed by atoms with Gasteiger partial charge in [0.1, 0.15) is 13.2 Å². The van der Waals surface area contributed by atoms with Crippen LogP contribution in [0, 0.1) is 0 Å². The van der Waals surface area contributed by atoms with E-state index >= 15 is 0 Å². The summed E-state index contributed by atoms with van der Waals surface area (Å²) in [5, 5.41) is 0. The molecule has 73 heavy (non-hydrogen) atoms. The summed E-state index contributed by atoms with van der Waals surface area (Å²) in [6, 6.07) is 0. The number of carbonyl (C=O) groups is 3. The van der Waals surface area contributed by atoms with Gasteiger partial charge in [-0.3, -0.25) is 14.4 Å². The van der Waals surface area contributed by atoms with E-state index in [1.807, 2.05) is 0 Å². The second kappa shape index (κ2) is 60.6. The summed E-state index contributed by atoms with van der Waals surface area (Å²) in [5.74, 6) is -0.890. The monoisotopic (exact) mass is 1010 g/mol. The summed E-state index contributed by atoms with van der Waals surface area (Å²) in [5.41, 5.74) is 0. The summed E-state index contributed by atoms with van der Waals surface area (Å²) < 4.78 is 16.8. The maximum Gasteiger partial charge on any atom is 0.306 e. The summed E-state index contributed by atoms with van der Waals surface area (Å²) in [6.45, 7) is 6.49. The molecule has 0 aromatic carbocycles. The van der Waals surface area contributed by atoms with E-state index in [9.17, 15) is 14.4 Å². The molecule has 0 aliphatic heterocycles. The van der Waals surface area contributed by atoms with Crippen molar-refractivity contribution in [2.24, 2.45) is 0 Å². The summed E-state index contributed by atoms with van der Waals surface area (Å²) in [6.07, 6.45) is 82.5. The van der Waals surface area contributed by atoms with Crippen molar-refractivity contribution >= 4 is 17.9 Å². The van der Waals surface area contributed by atoms with Crippen molar-refractivity contribution in [2.45, 2.75) is 284 Å². The highest BCUT2D eigenvalue weighted by molar-refractivity contribution is 5.71. The quantitative estimate of drug-likeness (QED) is 0.0261. The minimum atomic E-state index is -0.777. The van der Waals surface area contributed by atoms with Crippen LogP contribution < -0.4 is 0 Å². The van der Waals surface area contributed by atoms with E-state index in [2.05, 4.69) is 130 Å². The molecule has 0 aromatic heterocycles. The molecule has 1 atom stereocenters. The number of carbonyl (C=O) groups excluding carboxylic acids is 3. The fraction of sp³-hybridized carbons (Fsp3) is 0.687. The van der Waals surface area contributed by atoms with Gasteiger partial charge in [0, 0.05) is 19.3 Å². The van der Waals surface area contributed by atoms with Crippen LogP contribution in [0.15, 0.2) is 109 Å². The number of hydrogen-bond acceptors (Lipinski definition) is 6. The van der Waals surface area contributed by atoms with Crippen molar-refractivity contribution in [3.8, 4) is 0 Å². The molecular weight excluding hydrogens is 901 g/mol. The number of ether oxygens (including phenoxy) is 3. The van der Waals surface area contributed by atoms with Gasteiger partial charge in [0.2, 0.25) is 0 Å². The maximum absolute atomic E-state index is 12.8. The fourth-order valence-corrected chi connectivity index (χ4v) is 8.26. The Labute approximate surface area is 450 Å². The Morgan fingerprint density at radius 3 is 0.836 bits per heavy atom. The molecule has 0 spiro atoms. The van der Waals surface area contributed by atoms with Gasteiger partial charge in [-0.2, -0.15) is 0 Å². The van der Waals surface area contributed by atoms with Gasteiger partial charge in [0.05, 0.1) is 0 Å². The van der Waals surface area contributed by atoms with E-state index in [1.165, 1.54) is 116 Å². The third-order valence-electron chi connectivity index (χ3n) is 12.8. The molecule has 0 saturated carbocycles.